The van der Waals surface area contributed by atoms with Gasteiger partial charge in [-0.05, 0) is 73.7 Å². The molecule has 8 heteroatoms. The van der Waals surface area contributed by atoms with Gasteiger partial charge in [0.15, 0.2) is 0 Å². The average Bonchev–Trinajstić information content (AvgIpc) is 3.53. The molecule has 31 heavy (non-hydrogen) atoms. The smallest absolute Gasteiger partial charge is 0.251 e. The molecule has 0 saturated heterocycles. The van der Waals surface area contributed by atoms with Crippen molar-refractivity contribution < 1.29 is 18.0 Å². The summed E-state index contributed by atoms with van der Waals surface area (Å²) in [7, 11) is -0.684. The fraction of sp³-hybridized carbons (Fsp3) is 0.304. The summed E-state index contributed by atoms with van der Waals surface area (Å²) in [6.07, 6.45) is 5.08. The number of carbonyl (C=O) groups excluding carboxylic acids is 2. The van der Waals surface area contributed by atoms with E-state index in [-0.39, 0.29) is 16.7 Å². The van der Waals surface area contributed by atoms with E-state index in [1.807, 2.05) is 6.92 Å². The van der Waals surface area contributed by atoms with E-state index < -0.39 is 10.0 Å². The molecule has 164 valence electrons. The zero-order valence-electron chi connectivity index (χ0n) is 18.1. The van der Waals surface area contributed by atoms with Crippen molar-refractivity contribution in [3.63, 3.8) is 0 Å². The van der Waals surface area contributed by atoms with Gasteiger partial charge in [-0.3, -0.25) is 9.59 Å². The molecule has 7 nitrogen and oxygen atoms in total. The minimum atomic E-state index is -3.61. The van der Waals surface area contributed by atoms with Gasteiger partial charge in [-0.25, -0.2) is 12.7 Å². The largest absolute Gasteiger partial charge is 0.349 e. The third-order valence-corrected chi connectivity index (χ3v) is 6.98. The number of anilines is 1. The molecule has 1 aliphatic carbocycles. The van der Waals surface area contributed by atoms with Crippen molar-refractivity contribution in [3.05, 3.63) is 64.7 Å². The Morgan fingerprint density at radius 3 is 2.29 bits per heavy atom. The Morgan fingerprint density at radius 2 is 1.71 bits per heavy atom. The first-order chi connectivity index (χ1) is 14.6. The van der Waals surface area contributed by atoms with Gasteiger partial charge >= 0.3 is 0 Å². The quantitative estimate of drug-likeness (QED) is 0.646. The molecule has 2 aromatic rings. The van der Waals surface area contributed by atoms with E-state index in [4.69, 9.17) is 0 Å². The van der Waals surface area contributed by atoms with Crippen LogP contribution in [0.2, 0.25) is 0 Å². The molecule has 3 rings (SSSR count). The lowest BCUT2D eigenvalue weighted by Crippen LogP contribution is -2.25. The van der Waals surface area contributed by atoms with Crippen LogP contribution in [0.5, 0.6) is 0 Å². The first-order valence-electron chi connectivity index (χ1n) is 10.0. The van der Waals surface area contributed by atoms with Gasteiger partial charge in [-0.15, -0.1) is 0 Å². The SMILES string of the molecule is Cc1cc(S(=O)(=O)N(C)C)cc(NC(=O)/C=C/c2ccc(C(=O)NC3CC3)cc2)c1C. The molecule has 2 N–H and O–H groups in total. The van der Waals surface area contributed by atoms with Gasteiger partial charge < -0.3 is 10.6 Å². The highest BCUT2D eigenvalue weighted by atomic mass is 32.2. The van der Waals surface area contributed by atoms with Crippen molar-refractivity contribution in [1.29, 1.82) is 0 Å². The molecule has 0 unspecified atom stereocenters. The van der Waals surface area contributed by atoms with Gasteiger partial charge in [0.05, 0.1) is 4.90 Å². The van der Waals surface area contributed by atoms with E-state index in [0.717, 1.165) is 33.8 Å². The molecule has 2 aromatic carbocycles. The number of rotatable bonds is 7. The third-order valence-electron chi connectivity index (χ3n) is 5.19. The van der Waals surface area contributed by atoms with Crippen LogP contribution in [-0.2, 0) is 14.8 Å². The fourth-order valence-corrected chi connectivity index (χ4v) is 3.92. The van der Waals surface area contributed by atoms with Gasteiger partial charge in [-0.2, -0.15) is 0 Å². The van der Waals surface area contributed by atoms with Crippen LogP contribution in [0, 0.1) is 13.8 Å². The lowest BCUT2D eigenvalue weighted by Gasteiger charge is -2.16. The molecule has 1 aliphatic rings. The average molecular weight is 442 g/mol. The fourth-order valence-electron chi connectivity index (χ4n) is 2.90. The van der Waals surface area contributed by atoms with E-state index in [0.29, 0.717) is 17.3 Å². The van der Waals surface area contributed by atoms with Crippen molar-refractivity contribution in [3.8, 4) is 0 Å². The molecule has 0 aliphatic heterocycles. The van der Waals surface area contributed by atoms with Crippen LogP contribution < -0.4 is 10.6 Å². The second kappa shape index (κ2) is 9.03. The zero-order valence-corrected chi connectivity index (χ0v) is 18.9. The Labute approximate surface area is 183 Å². The number of nitrogens with zero attached hydrogens (tertiary/aromatic N) is 1. The van der Waals surface area contributed by atoms with Crippen molar-refractivity contribution in [2.24, 2.45) is 0 Å². The van der Waals surface area contributed by atoms with E-state index in [9.17, 15) is 18.0 Å². The van der Waals surface area contributed by atoms with Crippen LogP contribution in [0.25, 0.3) is 6.08 Å². The molecule has 0 spiro atoms. The maximum Gasteiger partial charge on any atom is 0.251 e. The van der Waals surface area contributed by atoms with Crippen LogP contribution in [0.1, 0.15) is 39.9 Å². The summed E-state index contributed by atoms with van der Waals surface area (Å²) in [5.41, 5.74) is 3.36. The number of carbonyl (C=O) groups is 2. The first-order valence-corrected chi connectivity index (χ1v) is 11.5. The lowest BCUT2D eigenvalue weighted by molar-refractivity contribution is -0.111. The molecular formula is C23H27N3O4S. The van der Waals surface area contributed by atoms with E-state index in [1.165, 1.54) is 26.2 Å². The number of sulfonamides is 1. The number of aryl methyl sites for hydroxylation is 1. The number of hydrogen-bond acceptors (Lipinski definition) is 4. The van der Waals surface area contributed by atoms with Crippen molar-refractivity contribution >= 4 is 33.6 Å². The highest BCUT2D eigenvalue weighted by Crippen LogP contribution is 2.25. The Balaban J connectivity index is 1.71. The van der Waals surface area contributed by atoms with Gasteiger partial charge in [-0.1, -0.05) is 12.1 Å². The predicted octanol–water partition coefficient (Wildman–Crippen LogP) is 3.10. The Bertz CT molecular complexity index is 1130. The number of amides is 2. The number of nitrogens with one attached hydrogen (secondary N) is 2. The van der Waals surface area contributed by atoms with Crippen molar-refractivity contribution in [2.75, 3.05) is 19.4 Å². The Morgan fingerprint density at radius 1 is 1.06 bits per heavy atom. The second-order valence-corrected chi connectivity index (χ2v) is 10.0. The van der Waals surface area contributed by atoms with Crippen molar-refractivity contribution in [2.45, 2.75) is 37.6 Å². The summed E-state index contributed by atoms with van der Waals surface area (Å²) in [6, 6.07) is 10.3. The Hall–Kier alpha value is -2.97. The maximum absolute atomic E-state index is 12.5. The molecule has 1 saturated carbocycles. The first kappa shape index (κ1) is 22.7. The molecule has 0 heterocycles. The van der Waals surface area contributed by atoms with E-state index in [2.05, 4.69) is 10.6 Å². The highest BCUT2D eigenvalue weighted by molar-refractivity contribution is 7.89. The third kappa shape index (κ3) is 5.59. The minimum Gasteiger partial charge on any atom is -0.349 e. The van der Waals surface area contributed by atoms with Gasteiger partial charge in [0.2, 0.25) is 15.9 Å². The highest BCUT2D eigenvalue weighted by Gasteiger charge is 2.23. The van der Waals surface area contributed by atoms with Gasteiger partial charge in [0.1, 0.15) is 0 Å². The van der Waals surface area contributed by atoms with Crippen LogP contribution >= 0.6 is 0 Å². The molecule has 0 aromatic heterocycles. The molecule has 1 fully saturated rings. The zero-order chi connectivity index (χ0) is 22.8. The minimum absolute atomic E-state index is 0.0887. The van der Waals surface area contributed by atoms with E-state index in [1.54, 1.807) is 43.3 Å². The predicted molar refractivity (Wildman–Crippen MR) is 121 cm³/mol. The summed E-state index contributed by atoms with van der Waals surface area (Å²) in [4.78, 5) is 24.6. The number of benzene rings is 2. The lowest BCUT2D eigenvalue weighted by atomic mass is 10.1. The van der Waals surface area contributed by atoms with Crippen LogP contribution in [0.4, 0.5) is 5.69 Å². The van der Waals surface area contributed by atoms with E-state index >= 15 is 0 Å². The van der Waals surface area contributed by atoms with Crippen LogP contribution in [-0.4, -0.2) is 44.7 Å². The van der Waals surface area contributed by atoms with Gasteiger partial charge in [0.25, 0.3) is 5.91 Å². The second-order valence-electron chi connectivity index (χ2n) is 7.89. The normalized spacial score (nSPS) is 14.1. The molecule has 0 radical (unpaired) electrons. The molecule has 2 amide bonds. The molecular weight excluding hydrogens is 414 g/mol. The summed E-state index contributed by atoms with van der Waals surface area (Å²) >= 11 is 0. The Kier molecular flexibility index (Phi) is 6.62. The van der Waals surface area contributed by atoms with Crippen LogP contribution in [0.15, 0.2) is 47.4 Å². The topological polar surface area (TPSA) is 95.6 Å². The van der Waals surface area contributed by atoms with Crippen molar-refractivity contribution in [1.82, 2.24) is 9.62 Å². The molecule has 0 atom stereocenters. The summed E-state index contributed by atoms with van der Waals surface area (Å²) in [6.45, 7) is 3.63. The summed E-state index contributed by atoms with van der Waals surface area (Å²) in [5, 5.41) is 5.69. The summed E-state index contributed by atoms with van der Waals surface area (Å²) in [5.74, 6) is -0.466. The maximum atomic E-state index is 12.5. The summed E-state index contributed by atoms with van der Waals surface area (Å²) < 4.78 is 26.0. The monoisotopic (exact) mass is 441 g/mol. The standard InChI is InChI=1S/C23H27N3O4S/c1-15-13-20(31(29,30)26(3)4)14-21(16(15)2)25-22(27)12-7-17-5-8-18(9-6-17)23(28)24-19-10-11-19/h5-9,12-14,19H,10-11H2,1-4H3,(H,24,28)(H,25,27)/b12-7+. The molecule has 0 bridgehead atoms. The van der Waals surface area contributed by atoms with Crippen LogP contribution in [0.3, 0.4) is 0 Å². The van der Waals surface area contributed by atoms with Gasteiger partial charge in [0, 0.05) is 37.5 Å². The number of hydrogen-bond donors (Lipinski definition) is 2.